The van der Waals surface area contributed by atoms with E-state index in [1.54, 1.807) is 0 Å². The van der Waals surface area contributed by atoms with E-state index in [2.05, 4.69) is 0 Å². The van der Waals surface area contributed by atoms with Crippen molar-refractivity contribution in [3.63, 3.8) is 0 Å². The zero-order valence-electron chi connectivity index (χ0n) is 11.0. The molecule has 4 heteroatoms. The molecule has 1 saturated heterocycles. The van der Waals surface area contributed by atoms with E-state index in [0.29, 0.717) is 18.3 Å². The number of amides is 1. The average molecular weight is 253 g/mol. The minimum atomic E-state index is -0.814. The minimum absolute atomic E-state index is 0.101. The van der Waals surface area contributed by atoms with Crippen molar-refractivity contribution in [2.24, 2.45) is 5.41 Å². The fraction of sp³-hybridized carbons (Fsp3) is 0.857. The second kappa shape index (κ2) is 5.72. The maximum Gasteiger partial charge on any atom is 0.303 e. The van der Waals surface area contributed by atoms with Crippen LogP contribution in [-0.2, 0) is 9.59 Å². The van der Waals surface area contributed by atoms with Crippen molar-refractivity contribution in [1.29, 1.82) is 0 Å². The Morgan fingerprint density at radius 2 is 1.61 bits per heavy atom. The van der Waals surface area contributed by atoms with E-state index in [1.807, 2.05) is 4.90 Å². The van der Waals surface area contributed by atoms with Gasteiger partial charge in [0, 0.05) is 25.9 Å². The molecule has 1 aliphatic heterocycles. The Kier molecular flexibility index (Phi) is 4.25. The number of carbonyl (C=O) groups is 2. The molecule has 0 unspecified atom stereocenters. The number of piperidine rings is 1. The Balaban J connectivity index is 1.72. The molecule has 2 aliphatic rings. The van der Waals surface area contributed by atoms with Crippen LogP contribution in [0.2, 0.25) is 0 Å². The summed E-state index contributed by atoms with van der Waals surface area (Å²) < 4.78 is 0. The standard InChI is InChI=1S/C14H23NO3/c16-12(4-3-5-13(17)18)15-10-8-14(9-11-15)6-1-2-7-14/h1-11H2,(H,17,18). The van der Waals surface area contributed by atoms with Crippen LogP contribution in [0.1, 0.15) is 57.8 Å². The predicted molar refractivity (Wildman–Crippen MR) is 68.2 cm³/mol. The third-order valence-electron chi connectivity index (χ3n) is 4.62. The zero-order valence-corrected chi connectivity index (χ0v) is 11.0. The molecule has 0 atom stereocenters. The molecule has 1 spiro atoms. The maximum absolute atomic E-state index is 11.9. The lowest BCUT2D eigenvalue weighted by Crippen LogP contribution is -2.42. The maximum atomic E-state index is 11.9. The third kappa shape index (κ3) is 3.24. The number of rotatable bonds is 4. The van der Waals surface area contributed by atoms with Crippen LogP contribution in [0.5, 0.6) is 0 Å². The first-order valence-electron chi connectivity index (χ1n) is 7.11. The summed E-state index contributed by atoms with van der Waals surface area (Å²) in [7, 11) is 0. The van der Waals surface area contributed by atoms with E-state index in [0.717, 1.165) is 25.9 Å². The molecular formula is C14H23NO3. The molecule has 0 radical (unpaired) electrons. The predicted octanol–water partition coefficient (Wildman–Crippen LogP) is 2.42. The lowest BCUT2D eigenvalue weighted by atomic mass is 9.77. The summed E-state index contributed by atoms with van der Waals surface area (Å²) in [5.74, 6) is -0.671. The van der Waals surface area contributed by atoms with Gasteiger partial charge in [-0.15, -0.1) is 0 Å². The number of aliphatic carboxylic acids is 1. The summed E-state index contributed by atoms with van der Waals surface area (Å²) in [6.45, 7) is 1.76. The van der Waals surface area contributed by atoms with Crippen LogP contribution < -0.4 is 0 Å². The highest BCUT2D eigenvalue weighted by Gasteiger charge is 2.37. The van der Waals surface area contributed by atoms with Gasteiger partial charge >= 0.3 is 5.97 Å². The van der Waals surface area contributed by atoms with Gasteiger partial charge < -0.3 is 10.0 Å². The fourth-order valence-corrected chi connectivity index (χ4v) is 3.40. The lowest BCUT2D eigenvalue weighted by molar-refractivity contribution is -0.137. The van der Waals surface area contributed by atoms with Gasteiger partial charge in [0.15, 0.2) is 0 Å². The van der Waals surface area contributed by atoms with Gasteiger partial charge in [0.25, 0.3) is 0 Å². The molecule has 1 amide bonds. The van der Waals surface area contributed by atoms with E-state index in [1.165, 1.54) is 25.7 Å². The van der Waals surface area contributed by atoms with Gasteiger partial charge in [-0.05, 0) is 37.5 Å². The second-order valence-corrected chi connectivity index (χ2v) is 5.84. The summed E-state index contributed by atoms with van der Waals surface area (Å²) in [6.07, 6.45) is 8.65. The average Bonchev–Trinajstić information content (AvgIpc) is 2.78. The minimum Gasteiger partial charge on any atom is -0.481 e. The van der Waals surface area contributed by atoms with Gasteiger partial charge in [-0.3, -0.25) is 9.59 Å². The van der Waals surface area contributed by atoms with E-state index in [4.69, 9.17) is 5.11 Å². The van der Waals surface area contributed by atoms with Crippen molar-refractivity contribution in [1.82, 2.24) is 4.90 Å². The SMILES string of the molecule is O=C(O)CCCC(=O)N1CCC2(CCCC2)CC1. The molecule has 0 aromatic carbocycles. The van der Waals surface area contributed by atoms with Crippen molar-refractivity contribution in [3.8, 4) is 0 Å². The normalized spacial score (nSPS) is 22.3. The number of hydrogen-bond acceptors (Lipinski definition) is 2. The Bertz CT molecular complexity index is 311. The van der Waals surface area contributed by atoms with E-state index in [9.17, 15) is 9.59 Å². The molecule has 102 valence electrons. The summed E-state index contributed by atoms with van der Waals surface area (Å²) in [5, 5.41) is 8.55. The highest BCUT2D eigenvalue weighted by atomic mass is 16.4. The highest BCUT2D eigenvalue weighted by molar-refractivity contribution is 5.77. The van der Waals surface area contributed by atoms with E-state index in [-0.39, 0.29) is 12.3 Å². The van der Waals surface area contributed by atoms with Crippen molar-refractivity contribution < 1.29 is 14.7 Å². The number of likely N-dealkylation sites (tertiary alicyclic amines) is 1. The molecule has 0 bridgehead atoms. The quantitative estimate of drug-likeness (QED) is 0.837. The number of nitrogens with zero attached hydrogens (tertiary/aromatic N) is 1. The van der Waals surface area contributed by atoms with Crippen molar-refractivity contribution in [3.05, 3.63) is 0 Å². The molecule has 0 aromatic rings. The highest BCUT2D eigenvalue weighted by Crippen LogP contribution is 2.46. The number of carbonyl (C=O) groups excluding carboxylic acids is 1. The van der Waals surface area contributed by atoms with Gasteiger partial charge in [0.2, 0.25) is 5.91 Å². The van der Waals surface area contributed by atoms with Gasteiger partial charge in [-0.1, -0.05) is 12.8 Å². The monoisotopic (exact) mass is 253 g/mol. The Labute approximate surface area is 108 Å². The molecule has 1 saturated carbocycles. The summed E-state index contributed by atoms with van der Waals surface area (Å²) in [5.41, 5.74) is 0.540. The van der Waals surface area contributed by atoms with E-state index < -0.39 is 5.97 Å². The topological polar surface area (TPSA) is 57.6 Å². The number of carboxylic acid groups (broad SMARTS) is 1. The summed E-state index contributed by atoms with van der Waals surface area (Å²) in [6, 6.07) is 0. The molecule has 0 aromatic heterocycles. The first kappa shape index (κ1) is 13.4. The third-order valence-corrected chi connectivity index (χ3v) is 4.62. The molecule has 2 fully saturated rings. The van der Waals surface area contributed by atoms with Crippen LogP contribution in [0.4, 0.5) is 0 Å². The van der Waals surface area contributed by atoms with Crippen LogP contribution in [0, 0.1) is 5.41 Å². The summed E-state index contributed by atoms with van der Waals surface area (Å²) in [4.78, 5) is 24.3. The molecule has 18 heavy (non-hydrogen) atoms. The van der Waals surface area contributed by atoms with Crippen molar-refractivity contribution in [2.45, 2.75) is 57.8 Å². The van der Waals surface area contributed by atoms with Crippen LogP contribution >= 0.6 is 0 Å². The van der Waals surface area contributed by atoms with Crippen LogP contribution in [0.15, 0.2) is 0 Å². The van der Waals surface area contributed by atoms with E-state index >= 15 is 0 Å². The largest absolute Gasteiger partial charge is 0.481 e. The van der Waals surface area contributed by atoms with Crippen LogP contribution in [0.25, 0.3) is 0 Å². The number of hydrogen-bond donors (Lipinski definition) is 1. The Hall–Kier alpha value is -1.06. The van der Waals surface area contributed by atoms with Gasteiger partial charge in [0.1, 0.15) is 0 Å². The molecule has 2 rings (SSSR count). The molecular weight excluding hydrogens is 230 g/mol. The van der Waals surface area contributed by atoms with Crippen molar-refractivity contribution >= 4 is 11.9 Å². The molecule has 1 aliphatic carbocycles. The fourth-order valence-electron chi connectivity index (χ4n) is 3.40. The first-order valence-corrected chi connectivity index (χ1v) is 7.11. The zero-order chi connectivity index (χ0) is 13.0. The molecule has 4 nitrogen and oxygen atoms in total. The van der Waals surface area contributed by atoms with Gasteiger partial charge in [0.05, 0.1) is 0 Å². The second-order valence-electron chi connectivity index (χ2n) is 5.84. The van der Waals surface area contributed by atoms with Crippen LogP contribution in [-0.4, -0.2) is 35.0 Å². The smallest absolute Gasteiger partial charge is 0.303 e. The Morgan fingerprint density at radius 1 is 1.00 bits per heavy atom. The molecule has 1 N–H and O–H groups in total. The van der Waals surface area contributed by atoms with Gasteiger partial charge in [-0.25, -0.2) is 0 Å². The van der Waals surface area contributed by atoms with Crippen molar-refractivity contribution in [2.75, 3.05) is 13.1 Å². The lowest BCUT2D eigenvalue weighted by Gasteiger charge is -2.39. The Morgan fingerprint density at radius 3 is 2.17 bits per heavy atom. The van der Waals surface area contributed by atoms with Gasteiger partial charge in [-0.2, -0.15) is 0 Å². The molecule has 1 heterocycles. The first-order chi connectivity index (χ1) is 8.61. The summed E-state index contributed by atoms with van der Waals surface area (Å²) >= 11 is 0. The number of carboxylic acids is 1. The van der Waals surface area contributed by atoms with Crippen LogP contribution in [0.3, 0.4) is 0 Å².